The van der Waals surface area contributed by atoms with Gasteiger partial charge in [-0.25, -0.2) is 0 Å². The number of ether oxygens (including phenoxy) is 2. The predicted octanol–water partition coefficient (Wildman–Crippen LogP) is 2.52. The minimum absolute atomic E-state index is 0.146. The summed E-state index contributed by atoms with van der Waals surface area (Å²) in [5, 5.41) is 10.6. The van der Waals surface area contributed by atoms with Crippen LogP contribution in [0.5, 0.6) is 11.5 Å². The Morgan fingerprint density at radius 1 is 1.35 bits per heavy atom. The molecule has 0 spiro atoms. The number of carbonyl (C=O) groups is 1. The highest BCUT2D eigenvalue weighted by Crippen LogP contribution is 2.26. The van der Waals surface area contributed by atoms with Crippen LogP contribution in [0, 0.1) is 0 Å². The second-order valence-corrected chi connectivity index (χ2v) is 5.54. The van der Waals surface area contributed by atoms with Gasteiger partial charge in [0.25, 0.3) is 5.91 Å². The molecule has 0 aliphatic rings. The smallest absolute Gasteiger partial charge is 0.262 e. The first kappa shape index (κ1) is 15.3. The van der Waals surface area contributed by atoms with Crippen LogP contribution in [0.2, 0.25) is 0 Å². The Bertz CT molecular complexity index is 850. The molecule has 0 bridgehead atoms. The summed E-state index contributed by atoms with van der Waals surface area (Å²) in [4.78, 5) is 12.1. The van der Waals surface area contributed by atoms with Crippen molar-refractivity contribution < 1.29 is 14.3 Å². The molecule has 1 N–H and O–H groups in total. The summed E-state index contributed by atoms with van der Waals surface area (Å²) >= 11 is 3.38. The van der Waals surface area contributed by atoms with E-state index in [4.69, 9.17) is 9.47 Å². The number of nitrogens with one attached hydrogen (secondary N) is 1. The summed E-state index contributed by atoms with van der Waals surface area (Å²) in [6, 6.07) is 8.90. The molecule has 2 aromatic heterocycles. The van der Waals surface area contributed by atoms with E-state index >= 15 is 0 Å². The number of para-hydroxylation sites is 2. The van der Waals surface area contributed by atoms with Gasteiger partial charge in [0.05, 0.1) is 12.8 Å². The average Bonchev–Trinajstić information content (AvgIpc) is 3.01. The van der Waals surface area contributed by atoms with Crippen molar-refractivity contribution in [2.45, 2.75) is 0 Å². The zero-order valence-corrected chi connectivity index (χ0v) is 13.8. The maximum Gasteiger partial charge on any atom is 0.262 e. The van der Waals surface area contributed by atoms with Gasteiger partial charge in [0.15, 0.2) is 23.8 Å². The van der Waals surface area contributed by atoms with Crippen LogP contribution in [0.25, 0.3) is 5.65 Å². The quantitative estimate of drug-likeness (QED) is 0.740. The van der Waals surface area contributed by atoms with Crippen molar-refractivity contribution in [3.63, 3.8) is 0 Å². The Morgan fingerprint density at radius 3 is 2.91 bits per heavy atom. The summed E-state index contributed by atoms with van der Waals surface area (Å²) < 4.78 is 13.2. The summed E-state index contributed by atoms with van der Waals surface area (Å²) in [5.74, 6) is 0.772. The lowest BCUT2D eigenvalue weighted by Gasteiger charge is -2.11. The van der Waals surface area contributed by atoms with Crippen molar-refractivity contribution in [2.75, 3.05) is 19.0 Å². The number of carbonyl (C=O) groups excluding carboxylic acids is 1. The van der Waals surface area contributed by atoms with E-state index in [9.17, 15) is 4.79 Å². The highest BCUT2D eigenvalue weighted by molar-refractivity contribution is 9.10. The molecule has 0 atom stereocenters. The number of aromatic nitrogens is 3. The number of amides is 1. The molecule has 0 aliphatic carbocycles. The molecule has 0 fully saturated rings. The van der Waals surface area contributed by atoms with Gasteiger partial charge in [-0.05, 0) is 34.1 Å². The Labute approximate surface area is 140 Å². The highest BCUT2D eigenvalue weighted by atomic mass is 79.9. The third-order valence-electron chi connectivity index (χ3n) is 3.06. The Morgan fingerprint density at radius 2 is 2.13 bits per heavy atom. The van der Waals surface area contributed by atoms with Gasteiger partial charge >= 0.3 is 0 Å². The maximum absolute atomic E-state index is 12.1. The third-order valence-corrected chi connectivity index (χ3v) is 3.49. The Hall–Kier alpha value is -2.61. The highest BCUT2D eigenvalue weighted by Gasteiger charge is 2.11. The molecule has 7 nitrogen and oxygen atoms in total. The number of anilines is 1. The SMILES string of the molecule is COc1ccccc1OCC(=O)Nc1cc(Br)cn2cnnc12. The monoisotopic (exact) mass is 376 g/mol. The fourth-order valence-corrected chi connectivity index (χ4v) is 2.51. The molecule has 23 heavy (non-hydrogen) atoms. The molecule has 3 aromatic rings. The van der Waals surface area contributed by atoms with Gasteiger partial charge in [-0.1, -0.05) is 12.1 Å². The van der Waals surface area contributed by atoms with Crippen LogP contribution in [0.4, 0.5) is 5.69 Å². The number of hydrogen-bond donors (Lipinski definition) is 1. The fraction of sp³-hybridized carbons (Fsp3) is 0.133. The van der Waals surface area contributed by atoms with Crippen LogP contribution < -0.4 is 14.8 Å². The first-order valence-corrected chi connectivity index (χ1v) is 7.51. The number of rotatable bonds is 5. The first-order valence-electron chi connectivity index (χ1n) is 6.72. The van der Waals surface area contributed by atoms with Crippen molar-refractivity contribution in [1.29, 1.82) is 0 Å². The summed E-state index contributed by atoms with van der Waals surface area (Å²) in [7, 11) is 1.55. The van der Waals surface area contributed by atoms with E-state index in [1.165, 1.54) is 0 Å². The molecular weight excluding hydrogens is 364 g/mol. The van der Waals surface area contributed by atoms with Crippen LogP contribution in [0.1, 0.15) is 0 Å². The molecule has 0 radical (unpaired) electrons. The molecule has 1 amide bonds. The molecule has 3 rings (SSSR count). The van der Waals surface area contributed by atoms with Crippen LogP contribution in [0.15, 0.2) is 47.3 Å². The molecule has 0 saturated heterocycles. The number of nitrogens with zero attached hydrogens (tertiary/aromatic N) is 3. The van der Waals surface area contributed by atoms with E-state index in [1.807, 2.05) is 12.1 Å². The molecule has 118 valence electrons. The van der Waals surface area contributed by atoms with Gasteiger partial charge in [0, 0.05) is 10.7 Å². The van der Waals surface area contributed by atoms with Crippen LogP contribution >= 0.6 is 15.9 Å². The van der Waals surface area contributed by atoms with E-state index in [2.05, 4.69) is 31.4 Å². The topological polar surface area (TPSA) is 77.8 Å². The van der Waals surface area contributed by atoms with Crippen LogP contribution in [-0.4, -0.2) is 34.2 Å². The van der Waals surface area contributed by atoms with Gasteiger partial charge in [0.1, 0.15) is 6.33 Å². The zero-order chi connectivity index (χ0) is 16.2. The Balaban J connectivity index is 1.70. The minimum atomic E-state index is -0.307. The van der Waals surface area contributed by atoms with E-state index in [1.54, 1.807) is 42.2 Å². The molecule has 0 aliphatic heterocycles. The molecule has 2 heterocycles. The van der Waals surface area contributed by atoms with Gasteiger partial charge in [-0.2, -0.15) is 0 Å². The number of pyridine rings is 1. The molecular formula is C15H13BrN4O3. The first-order chi connectivity index (χ1) is 11.2. The largest absolute Gasteiger partial charge is 0.493 e. The van der Waals surface area contributed by atoms with Crippen molar-refractivity contribution >= 4 is 33.2 Å². The second-order valence-electron chi connectivity index (χ2n) is 4.62. The molecule has 0 unspecified atom stereocenters. The average molecular weight is 377 g/mol. The number of fused-ring (bicyclic) bond motifs is 1. The second kappa shape index (κ2) is 6.66. The number of halogens is 1. The third kappa shape index (κ3) is 3.42. The Kier molecular flexibility index (Phi) is 4.42. The fourth-order valence-electron chi connectivity index (χ4n) is 2.06. The van der Waals surface area contributed by atoms with E-state index in [0.29, 0.717) is 22.8 Å². The zero-order valence-electron chi connectivity index (χ0n) is 12.2. The van der Waals surface area contributed by atoms with Gasteiger partial charge in [-0.3, -0.25) is 9.20 Å². The predicted molar refractivity (Wildman–Crippen MR) is 87.8 cm³/mol. The molecule has 8 heteroatoms. The standard InChI is InChI=1S/C15H13BrN4O3/c1-22-12-4-2-3-5-13(12)23-8-14(21)18-11-6-10(16)7-20-9-17-19-15(11)20/h2-7,9H,8H2,1H3,(H,18,21). The molecule has 1 aromatic carbocycles. The van der Waals surface area contributed by atoms with Crippen molar-refractivity contribution in [1.82, 2.24) is 14.6 Å². The van der Waals surface area contributed by atoms with Crippen LogP contribution in [-0.2, 0) is 4.79 Å². The minimum Gasteiger partial charge on any atom is -0.493 e. The van der Waals surface area contributed by atoms with E-state index in [-0.39, 0.29) is 12.5 Å². The van der Waals surface area contributed by atoms with Crippen molar-refractivity contribution in [3.8, 4) is 11.5 Å². The van der Waals surface area contributed by atoms with E-state index < -0.39 is 0 Å². The maximum atomic E-state index is 12.1. The lowest BCUT2D eigenvalue weighted by molar-refractivity contribution is -0.118. The lowest BCUT2D eigenvalue weighted by Crippen LogP contribution is -2.20. The van der Waals surface area contributed by atoms with Crippen LogP contribution in [0.3, 0.4) is 0 Å². The summed E-state index contributed by atoms with van der Waals surface area (Å²) in [5.41, 5.74) is 1.10. The van der Waals surface area contributed by atoms with Gasteiger partial charge in [0.2, 0.25) is 0 Å². The summed E-state index contributed by atoms with van der Waals surface area (Å²) in [6.45, 7) is -0.146. The van der Waals surface area contributed by atoms with Gasteiger partial charge < -0.3 is 14.8 Å². The van der Waals surface area contributed by atoms with E-state index in [0.717, 1.165) is 4.47 Å². The lowest BCUT2D eigenvalue weighted by atomic mass is 10.3. The van der Waals surface area contributed by atoms with Crippen molar-refractivity contribution in [3.05, 3.63) is 47.3 Å². The number of hydrogen-bond acceptors (Lipinski definition) is 5. The summed E-state index contributed by atoms with van der Waals surface area (Å²) in [6.07, 6.45) is 3.36. The molecule has 0 saturated carbocycles. The normalized spacial score (nSPS) is 10.5. The number of benzene rings is 1. The van der Waals surface area contributed by atoms with Gasteiger partial charge in [-0.15, -0.1) is 10.2 Å². The van der Waals surface area contributed by atoms with Crippen molar-refractivity contribution in [2.24, 2.45) is 0 Å². The number of methoxy groups -OCH3 is 1.